The first-order chi connectivity index (χ1) is 11.1. The number of Topliss-reactive ketones (excluding diaryl/α,β-unsaturated/α-hetero) is 1. The molecule has 2 heteroatoms. The van der Waals surface area contributed by atoms with Gasteiger partial charge < -0.3 is 4.74 Å². The molecule has 0 bridgehead atoms. The standard InChI is InChI=1S/C21H28O2/c1-3-12-23-15-5-7-16-14(13-15)4-6-18-17(16)10-11-21(2)19(18)8-9-20(21)22/h5,7,13,17-19H,3-4,6,8-12H2,1-2H3/t17-,18-,19+,21+/m1/s1. The van der Waals surface area contributed by atoms with Crippen molar-refractivity contribution in [3.05, 3.63) is 29.3 Å². The number of hydrogen-bond donors (Lipinski definition) is 0. The van der Waals surface area contributed by atoms with Crippen molar-refractivity contribution in [1.82, 2.24) is 0 Å². The Morgan fingerprint density at radius 1 is 1.22 bits per heavy atom. The van der Waals surface area contributed by atoms with Crippen LogP contribution in [0.15, 0.2) is 18.2 Å². The van der Waals surface area contributed by atoms with Gasteiger partial charge in [-0.2, -0.15) is 0 Å². The maximum Gasteiger partial charge on any atom is 0.139 e. The summed E-state index contributed by atoms with van der Waals surface area (Å²) in [7, 11) is 0. The maximum atomic E-state index is 12.4. The second kappa shape index (κ2) is 5.65. The van der Waals surface area contributed by atoms with Gasteiger partial charge in [-0.1, -0.05) is 19.9 Å². The molecule has 124 valence electrons. The van der Waals surface area contributed by atoms with E-state index in [0.29, 0.717) is 17.6 Å². The first-order valence-corrected chi connectivity index (χ1v) is 9.42. The number of aryl methyl sites for hydroxylation is 1. The molecule has 2 fully saturated rings. The number of carbonyl (C=O) groups excluding carboxylic acids is 1. The summed E-state index contributed by atoms with van der Waals surface area (Å²) in [4.78, 5) is 12.4. The molecule has 0 saturated heterocycles. The minimum atomic E-state index is -0.0111. The molecule has 4 atom stereocenters. The Morgan fingerprint density at radius 2 is 2.09 bits per heavy atom. The fourth-order valence-electron chi connectivity index (χ4n) is 5.64. The van der Waals surface area contributed by atoms with Crippen molar-refractivity contribution < 1.29 is 9.53 Å². The van der Waals surface area contributed by atoms with Crippen molar-refractivity contribution in [2.45, 2.75) is 64.7 Å². The Kier molecular flexibility index (Phi) is 3.74. The van der Waals surface area contributed by atoms with Crippen molar-refractivity contribution in [2.24, 2.45) is 17.3 Å². The lowest BCUT2D eigenvalue weighted by Crippen LogP contribution is -2.42. The molecule has 2 nitrogen and oxygen atoms in total. The molecule has 23 heavy (non-hydrogen) atoms. The van der Waals surface area contributed by atoms with Gasteiger partial charge in [0.1, 0.15) is 11.5 Å². The highest BCUT2D eigenvalue weighted by Crippen LogP contribution is 2.59. The maximum absolute atomic E-state index is 12.4. The van der Waals surface area contributed by atoms with E-state index in [2.05, 4.69) is 32.0 Å². The van der Waals surface area contributed by atoms with E-state index in [-0.39, 0.29) is 5.41 Å². The lowest BCUT2D eigenvalue weighted by Gasteiger charge is -2.48. The summed E-state index contributed by atoms with van der Waals surface area (Å²) in [5, 5.41) is 0. The molecule has 0 amide bonds. The van der Waals surface area contributed by atoms with Crippen LogP contribution in [-0.4, -0.2) is 12.4 Å². The van der Waals surface area contributed by atoms with Gasteiger partial charge in [0.05, 0.1) is 6.61 Å². The molecule has 3 aliphatic rings. The molecule has 1 aromatic rings. The van der Waals surface area contributed by atoms with Crippen molar-refractivity contribution in [2.75, 3.05) is 6.61 Å². The molecule has 0 spiro atoms. The van der Waals surface area contributed by atoms with E-state index in [1.54, 1.807) is 5.56 Å². The molecule has 4 rings (SSSR count). The largest absolute Gasteiger partial charge is 0.494 e. The summed E-state index contributed by atoms with van der Waals surface area (Å²) in [5.41, 5.74) is 3.03. The zero-order valence-corrected chi connectivity index (χ0v) is 14.4. The van der Waals surface area contributed by atoms with Gasteiger partial charge in [0.2, 0.25) is 0 Å². The molecular weight excluding hydrogens is 284 g/mol. The summed E-state index contributed by atoms with van der Waals surface area (Å²) in [6, 6.07) is 6.75. The van der Waals surface area contributed by atoms with Crippen LogP contribution in [0.25, 0.3) is 0 Å². The van der Waals surface area contributed by atoms with Gasteiger partial charge in [-0.3, -0.25) is 4.79 Å². The van der Waals surface area contributed by atoms with Crippen LogP contribution >= 0.6 is 0 Å². The van der Waals surface area contributed by atoms with Crippen molar-refractivity contribution in [3.63, 3.8) is 0 Å². The number of carbonyl (C=O) groups is 1. The molecular formula is C21H28O2. The molecule has 0 aromatic heterocycles. The van der Waals surface area contributed by atoms with Crippen LogP contribution in [0.4, 0.5) is 0 Å². The summed E-state index contributed by atoms with van der Waals surface area (Å²) in [6.07, 6.45) is 7.68. The molecule has 0 radical (unpaired) electrons. The number of hydrogen-bond acceptors (Lipinski definition) is 2. The highest BCUT2D eigenvalue weighted by Gasteiger charge is 2.54. The van der Waals surface area contributed by atoms with Gasteiger partial charge in [0.25, 0.3) is 0 Å². The zero-order chi connectivity index (χ0) is 16.0. The predicted octanol–water partition coefficient (Wildman–Crippen LogP) is 4.90. The van der Waals surface area contributed by atoms with E-state index >= 15 is 0 Å². The fraction of sp³-hybridized carbons (Fsp3) is 0.667. The SMILES string of the molecule is CCCOc1ccc2c(c1)CC[C@@H]1[C@@H]2CC[C@]2(C)C(=O)CC[C@@H]12. The van der Waals surface area contributed by atoms with Crippen LogP contribution in [0.3, 0.4) is 0 Å². The summed E-state index contributed by atoms with van der Waals surface area (Å²) >= 11 is 0. The molecule has 1 aromatic carbocycles. The lowest BCUT2D eigenvalue weighted by molar-refractivity contribution is -0.129. The van der Waals surface area contributed by atoms with Crippen molar-refractivity contribution in [1.29, 1.82) is 0 Å². The fourth-order valence-corrected chi connectivity index (χ4v) is 5.64. The minimum Gasteiger partial charge on any atom is -0.494 e. The number of ether oxygens (including phenoxy) is 1. The van der Waals surface area contributed by atoms with E-state index in [9.17, 15) is 4.79 Å². The number of rotatable bonds is 3. The van der Waals surface area contributed by atoms with E-state index in [1.165, 1.54) is 18.4 Å². The monoisotopic (exact) mass is 312 g/mol. The van der Waals surface area contributed by atoms with Gasteiger partial charge in [-0.15, -0.1) is 0 Å². The smallest absolute Gasteiger partial charge is 0.139 e. The number of benzene rings is 1. The van der Waals surface area contributed by atoms with Gasteiger partial charge in [0, 0.05) is 11.8 Å². The summed E-state index contributed by atoms with van der Waals surface area (Å²) < 4.78 is 5.81. The molecule has 2 saturated carbocycles. The van der Waals surface area contributed by atoms with Crippen LogP contribution in [0.2, 0.25) is 0 Å². The average Bonchev–Trinajstić information content (AvgIpc) is 2.88. The number of ketones is 1. The van der Waals surface area contributed by atoms with Crippen LogP contribution < -0.4 is 4.74 Å². The third-order valence-corrected chi connectivity index (χ3v) is 6.88. The number of fused-ring (bicyclic) bond motifs is 5. The second-order valence-electron chi connectivity index (χ2n) is 8.04. The first kappa shape index (κ1) is 15.2. The van der Waals surface area contributed by atoms with Gasteiger partial charge >= 0.3 is 0 Å². The molecule has 0 aliphatic heterocycles. The van der Waals surface area contributed by atoms with E-state index in [0.717, 1.165) is 50.4 Å². The van der Waals surface area contributed by atoms with Crippen molar-refractivity contribution >= 4 is 5.78 Å². The zero-order valence-electron chi connectivity index (χ0n) is 14.4. The minimum absolute atomic E-state index is 0.0111. The highest BCUT2D eigenvalue weighted by atomic mass is 16.5. The Bertz CT molecular complexity index is 620. The summed E-state index contributed by atoms with van der Waals surface area (Å²) in [6.45, 7) is 5.19. The van der Waals surface area contributed by atoms with Gasteiger partial charge in [0.15, 0.2) is 0 Å². The third kappa shape index (κ3) is 2.33. The normalized spacial score (nSPS) is 35.4. The van der Waals surface area contributed by atoms with Gasteiger partial charge in [-0.25, -0.2) is 0 Å². The van der Waals surface area contributed by atoms with Crippen LogP contribution in [-0.2, 0) is 11.2 Å². The van der Waals surface area contributed by atoms with Crippen LogP contribution in [0.1, 0.15) is 69.4 Å². The van der Waals surface area contributed by atoms with E-state index < -0.39 is 0 Å². The third-order valence-electron chi connectivity index (χ3n) is 6.88. The molecule has 0 N–H and O–H groups in total. The quantitative estimate of drug-likeness (QED) is 0.793. The van der Waals surface area contributed by atoms with E-state index in [1.807, 2.05) is 0 Å². The Morgan fingerprint density at radius 3 is 2.91 bits per heavy atom. The van der Waals surface area contributed by atoms with Crippen LogP contribution in [0, 0.1) is 17.3 Å². The Labute approximate surface area is 139 Å². The molecule has 0 heterocycles. The second-order valence-corrected chi connectivity index (χ2v) is 8.04. The summed E-state index contributed by atoms with van der Waals surface area (Å²) in [5.74, 6) is 3.58. The Balaban J connectivity index is 1.61. The average molecular weight is 312 g/mol. The van der Waals surface area contributed by atoms with Gasteiger partial charge in [-0.05, 0) is 79.5 Å². The van der Waals surface area contributed by atoms with E-state index in [4.69, 9.17) is 4.74 Å². The van der Waals surface area contributed by atoms with Crippen LogP contribution in [0.5, 0.6) is 5.75 Å². The predicted molar refractivity (Wildman–Crippen MR) is 91.9 cm³/mol. The Hall–Kier alpha value is -1.31. The lowest BCUT2D eigenvalue weighted by atomic mass is 9.55. The van der Waals surface area contributed by atoms with Crippen molar-refractivity contribution in [3.8, 4) is 5.75 Å². The molecule has 3 aliphatic carbocycles. The topological polar surface area (TPSA) is 26.3 Å². The highest BCUT2D eigenvalue weighted by molar-refractivity contribution is 5.87. The molecule has 0 unspecified atom stereocenters. The first-order valence-electron chi connectivity index (χ1n) is 9.42.